The van der Waals surface area contributed by atoms with Crippen LogP contribution in [-0.4, -0.2) is 30.2 Å². The molecule has 0 amide bonds. The van der Waals surface area contributed by atoms with Gasteiger partial charge in [0.2, 0.25) is 5.95 Å². The van der Waals surface area contributed by atoms with Crippen molar-refractivity contribution in [2.24, 2.45) is 7.05 Å². The molecule has 3 heterocycles. The number of nitrogens with zero attached hydrogens (tertiary/aromatic N) is 4. The summed E-state index contributed by atoms with van der Waals surface area (Å²) < 4.78 is 3.41. The summed E-state index contributed by atoms with van der Waals surface area (Å²) >= 11 is 0. The maximum absolute atomic E-state index is 11.4. The first-order chi connectivity index (χ1) is 11.0. The van der Waals surface area contributed by atoms with Gasteiger partial charge in [0.05, 0.1) is 5.56 Å². The zero-order valence-corrected chi connectivity index (χ0v) is 12.3. The Bertz CT molecular complexity index is 1080. The largest absolute Gasteiger partial charge is 0.478 e. The summed E-state index contributed by atoms with van der Waals surface area (Å²) in [5, 5.41) is 14.1. The van der Waals surface area contributed by atoms with E-state index in [1.165, 1.54) is 0 Å². The molecular formula is C16H13N5O2. The molecule has 0 unspecified atom stereocenters. The van der Waals surface area contributed by atoms with E-state index in [9.17, 15) is 9.90 Å². The van der Waals surface area contributed by atoms with Gasteiger partial charge in [-0.3, -0.25) is 0 Å². The van der Waals surface area contributed by atoms with Crippen LogP contribution in [0.2, 0.25) is 0 Å². The Balaban J connectivity index is 1.93. The van der Waals surface area contributed by atoms with E-state index in [1.54, 1.807) is 16.9 Å². The van der Waals surface area contributed by atoms with Gasteiger partial charge in [-0.25, -0.2) is 9.31 Å². The number of aryl methyl sites for hydroxylation is 1. The summed E-state index contributed by atoms with van der Waals surface area (Å²) in [5.74, 6) is -0.720. The first-order valence-electron chi connectivity index (χ1n) is 6.97. The number of carbonyl (C=O) groups is 1. The van der Waals surface area contributed by atoms with E-state index in [0.29, 0.717) is 11.0 Å². The predicted molar refractivity (Wildman–Crippen MR) is 86.3 cm³/mol. The highest BCUT2D eigenvalue weighted by atomic mass is 16.4. The maximum atomic E-state index is 11.4. The van der Waals surface area contributed by atoms with Crippen molar-refractivity contribution >= 4 is 28.5 Å². The third-order valence-corrected chi connectivity index (χ3v) is 3.91. The number of rotatable bonds is 2. The zero-order valence-electron chi connectivity index (χ0n) is 12.3. The summed E-state index contributed by atoms with van der Waals surface area (Å²) in [5.41, 5.74) is 9.24. The number of aromatic carboxylic acids is 1. The lowest BCUT2D eigenvalue weighted by molar-refractivity contribution is 0.0699. The number of nitrogen functional groups attached to an aromatic ring is 1. The lowest BCUT2D eigenvalue weighted by atomic mass is 10.0. The molecule has 0 spiro atoms. The molecule has 0 saturated carbocycles. The summed E-state index contributed by atoms with van der Waals surface area (Å²) in [4.78, 5) is 15.5. The average molecular weight is 307 g/mol. The number of fused-ring (bicyclic) bond motifs is 2. The van der Waals surface area contributed by atoms with E-state index in [2.05, 4.69) is 10.1 Å². The molecule has 114 valence electrons. The van der Waals surface area contributed by atoms with Gasteiger partial charge in [-0.1, -0.05) is 6.07 Å². The SMILES string of the molecule is Cn1cc(C(=O)O)c2cc(-c3ccn4nc(N)nc4c3)ccc21. The second-order valence-electron chi connectivity index (χ2n) is 5.38. The Labute approximate surface area is 130 Å². The standard InChI is InChI=1S/C16H13N5O2/c1-20-8-12(15(22)23)11-6-9(2-3-13(11)20)10-4-5-21-14(7-10)18-16(17)19-21/h2-8H,1H3,(H2,17,19)(H,22,23). The zero-order chi connectivity index (χ0) is 16.1. The molecule has 7 nitrogen and oxygen atoms in total. The van der Waals surface area contributed by atoms with Gasteiger partial charge < -0.3 is 15.4 Å². The van der Waals surface area contributed by atoms with E-state index in [4.69, 9.17) is 5.73 Å². The topological polar surface area (TPSA) is 98.4 Å². The highest BCUT2D eigenvalue weighted by molar-refractivity contribution is 6.04. The quantitative estimate of drug-likeness (QED) is 0.591. The van der Waals surface area contributed by atoms with Gasteiger partial charge in [-0.15, -0.1) is 5.10 Å². The molecule has 0 fully saturated rings. The fourth-order valence-corrected chi connectivity index (χ4v) is 2.82. The summed E-state index contributed by atoms with van der Waals surface area (Å²) in [6.07, 6.45) is 3.40. The van der Waals surface area contributed by atoms with Crippen molar-refractivity contribution in [1.29, 1.82) is 0 Å². The number of nitrogens with two attached hydrogens (primary N) is 1. The minimum absolute atomic E-state index is 0.217. The molecule has 0 atom stereocenters. The minimum Gasteiger partial charge on any atom is -0.478 e. The van der Waals surface area contributed by atoms with Crippen molar-refractivity contribution in [3.05, 3.63) is 48.3 Å². The van der Waals surface area contributed by atoms with Crippen molar-refractivity contribution in [3.63, 3.8) is 0 Å². The van der Waals surface area contributed by atoms with Crippen molar-refractivity contribution in [1.82, 2.24) is 19.2 Å². The number of carboxylic acid groups (broad SMARTS) is 1. The molecule has 0 aliphatic rings. The van der Waals surface area contributed by atoms with Crippen LogP contribution in [0.1, 0.15) is 10.4 Å². The van der Waals surface area contributed by atoms with Gasteiger partial charge in [-0.2, -0.15) is 4.98 Å². The lowest BCUT2D eigenvalue weighted by Crippen LogP contribution is -1.94. The second kappa shape index (κ2) is 4.57. The van der Waals surface area contributed by atoms with Gasteiger partial charge in [0, 0.05) is 30.3 Å². The van der Waals surface area contributed by atoms with Crippen molar-refractivity contribution in [3.8, 4) is 11.1 Å². The number of hydrogen-bond donors (Lipinski definition) is 2. The molecule has 0 radical (unpaired) electrons. The van der Waals surface area contributed by atoms with E-state index in [1.807, 2.05) is 41.9 Å². The lowest BCUT2D eigenvalue weighted by Gasteiger charge is -2.04. The van der Waals surface area contributed by atoms with Gasteiger partial charge in [-0.05, 0) is 35.4 Å². The number of anilines is 1. The molecule has 7 heteroatoms. The average Bonchev–Trinajstić information content (AvgIpc) is 3.05. The van der Waals surface area contributed by atoms with Gasteiger partial charge in [0.15, 0.2) is 5.65 Å². The molecule has 4 aromatic rings. The molecule has 4 rings (SSSR count). The van der Waals surface area contributed by atoms with Crippen LogP contribution in [0.5, 0.6) is 0 Å². The highest BCUT2D eigenvalue weighted by Crippen LogP contribution is 2.28. The Morgan fingerprint density at radius 2 is 2.00 bits per heavy atom. The Hall–Kier alpha value is -3.35. The van der Waals surface area contributed by atoms with Crippen LogP contribution in [0.15, 0.2) is 42.7 Å². The van der Waals surface area contributed by atoms with Gasteiger partial charge in [0.25, 0.3) is 0 Å². The van der Waals surface area contributed by atoms with E-state index >= 15 is 0 Å². The molecule has 0 saturated heterocycles. The molecule has 1 aromatic carbocycles. The van der Waals surface area contributed by atoms with E-state index in [-0.39, 0.29) is 11.5 Å². The Morgan fingerprint density at radius 3 is 2.78 bits per heavy atom. The Kier molecular flexibility index (Phi) is 2.65. The smallest absolute Gasteiger partial charge is 0.337 e. The number of benzene rings is 1. The summed E-state index contributed by atoms with van der Waals surface area (Å²) in [6, 6.07) is 9.52. The van der Waals surface area contributed by atoms with Crippen molar-refractivity contribution in [2.45, 2.75) is 0 Å². The van der Waals surface area contributed by atoms with Crippen LogP contribution in [0.4, 0.5) is 5.95 Å². The number of pyridine rings is 1. The van der Waals surface area contributed by atoms with Crippen LogP contribution in [-0.2, 0) is 7.05 Å². The normalized spacial score (nSPS) is 11.3. The molecule has 3 N–H and O–H groups in total. The fourth-order valence-electron chi connectivity index (χ4n) is 2.82. The molecular weight excluding hydrogens is 294 g/mol. The second-order valence-corrected chi connectivity index (χ2v) is 5.38. The van der Waals surface area contributed by atoms with Crippen LogP contribution >= 0.6 is 0 Å². The third-order valence-electron chi connectivity index (χ3n) is 3.91. The molecule has 0 bridgehead atoms. The maximum Gasteiger partial charge on any atom is 0.337 e. The predicted octanol–water partition coefficient (Wildman–Crippen LogP) is 2.17. The molecule has 0 aliphatic heterocycles. The van der Waals surface area contributed by atoms with Crippen LogP contribution in [0.3, 0.4) is 0 Å². The summed E-state index contributed by atoms with van der Waals surface area (Å²) in [7, 11) is 1.83. The number of carboxylic acids is 1. The van der Waals surface area contributed by atoms with Gasteiger partial charge in [0.1, 0.15) is 0 Å². The van der Waals surface area contributed by atoms with Crippen molar-refractivity contribution < 1.29 is 9.90 Å². The van der Waals surface area contributed by atoms with E-state index < -0.39 is 5.97 Å². The highest BCUT2D eigenvalue weighted by Gasteiger charge is 2.14. The first-order valence-corrected chi connectivity index (χ1v) is 6.97. The number of hydrogen-bond acceptors (Lipinski definition) is 4. The van der Waals surface area contributed by atoms with Crippen LogP contribution in [0.25, 0.3) is 27.7 Å². The number of aromatic nitrogens is 4. The minimum atomic E-state index is -0.937. The molecule has 0 aliphatic carbocycles. The summed E-state index contributed by atoms with van der Waals surface area (Å²) in [6.45, 7) is 0. The van der Waals surface area contributed by atoms with Crippen LogP contribution in [0, 0.1) is 0 Å². The Morgan fingerprint density at radius 1 is 1.22 bits per heavy atom. The van der Waals surface area contributed by atoms with Crippen LogP contribution < -0.4 is 5.73 Å². The fraction of sp³-hybridized carbons (Fsp3) is 0.0625. The first kappa shape index (κ1) is 13.3. The third kappa shape index (κ3) is 2.02. The van der Waals surface area contributed by atoms with Gasteiger partial charge >= 0.3 is 5.97 Å². The monoisotopic (exact) mass is 307 g/mol. The van der Waals surface area contributed by atoms with Crippen molar-refractivity contribution in [2.75, 3.05) is 5.73 Å². The molecule has 23 heavy (non-hydrogen) atoms. The van der Waals surface area contributed by atoms with E-state index in [0.717, 1.165) is 16.6 Å². The molecule has 3 aromatic heterocycles.